The van der Waals surface area contributed by atoms with E-state index in [2.05, 4.69) is 4.99 Å². The summed E-state index contributed by atoms with van der Waals surface area (Å²) in [6.07, 6.45) is 0. The summed E-state index contributed by atoms with van der Waals surface area (Å²) in [6.45, 7) is 0. The molecular weight excluding hydrogens is 164 g/mol. The molecule has 0 bridgehead atoms. The van der Waals surface area contributed by atoms with E-state index in [-0.39, 0.29) is 5.75 Å². The van der Waals surface area contributed by atoms with Crippen LogP contribution in [0, 0.1) is 0 Å². The molecular formula is C10H14N2O. The van der Waals surface area contributed by atoms with Gasteiger partial charge in [0.15, 0.2) is 0 Å². The van der Waals surface area contributed by atoms with E-state index in [0.717, 1.165) is 11.4 Å². The van der Waals surface area contributed by atoms with Gasteiger partial charge in [-0.1, -0.05) is 12.1 Å². The normalized spacial score (nSPS) is 11.5. The molecule has 0 aliphatic carbocycles. The fourth-order valence-corrected chi connectivity index (χ4v) is 1.22. The van der Waals surface area contributed by atoms with Gasteiger partial charge in [-0.2, -0.15) is 0 Å². The highest BCUT2D eigenvalue weighted by Crippen LogP contribution is 2.17. The number of benzene rings is 1. The lowest BCUT2D eigenvalue weighted by molar-refractivity contribution is 0.472. The van der Waals surface area contributed by atoms with Crippen LogP contribution in [0.1, 0.15) is 5.56 Å². The summed E-state index contributed by atoms with van der Waals surface area (Å²) in [5, 5.41) is 9.55. The van der Waals surface area contributed by atoms with Gasteiger partial charge in [-0.05, 0) is 12.1 Å². The summed E-state index contributed by atoms with van der Waals surface area (Å²) in [7, 11) is 5.51. The molecule has 1 N–H and O–H groups in total. The van der Waals surface area contributed by atoms with Crippen LogP contribution in [0.4, 0.5) is 0 Å². The number of nitrogens with zero attached hydrogens (tertiary/aromatic N) is 2. The average molecular weight is 178 g/mol. The van der Waals surface area contributed by atoms with Gasteiger partial charge in [0, 0.05) is 21.1 Å². The first-order chi connectivity index (χ1) is 6.16. The highest BCUT2D eigenvalue weighted by atomic mass is 16.3. The predicted molar refractivity (Wildman–Crippen MR) is 54.3 cm³/mol. The molecule has 3 heteroatoms. The lowest BCUT2D eigenvalue weighted by Gasteiger charge is -2.15. The summed E-state index contributed by atoms with van der Waals surface area (Å²) in [5.74, 6) is 1.04. The van der Waals surface area contributed by atoms with E-state index in [9.17, 15) is 5.11 Å². The average Bonchev–Trinajstić information content (AvgIpc) is 2.09. The minimum Gasteiger partial charge on any atom is -0.507 e. The van der Waals surface area contributed by atoms with Gasteiger partial charge in [0.05, 0.1) is 5.56 Å². The zero-order valence-electron chi connectivity index (χ0n) is 8.15. The number of rotatable bonds is 1. The van der Waals surface area contributed by atoms with Crippen molar-refractivity contribution in [1.29, 1.82) is 0 Å². The van der Waals surface area contributed by atoms with Crippen molar-refractivity contribution in [3.63, 3.8) is 0 Å². The number of aromatic hydroxyl groups is 1. The first kappa shape index (κ1) is 9.58. The maximum atomic E-state index is 9.55. The van der Waals surface area contributed by atoms with Crippen LogP contribution in [-0.2, 0) is 0 Å². The van der Waals surface area contributed by atoms with Gasteiger partial charge in [0.2, 0.25) is 0 Å². The number of aliphatic imine (C=N–C) groups is 1. The number of phenolic OH excluding ortho intramolecular Hbond substituents is 1. The van der Waals surface area contributed by atoms with Gasteiger partial charge in [-0.25, -0.2) is 0 Å². The number of amidine groups is 1. The third kappa shape index (κ3) is 1.99. The molecule has 0 saturated heterocycles. The smallest absolute Gasteiger partial charge is 0.133 e. The van der Waals surface area contributed by atoms with Crippen molar-refractivity contribution in [1.82, 2.24) is 4.90 Å². The minimum atomic E-state index is 0.261. The Bertz CT molecular complexity index is 318. The van der Waals surface area contributed by atoms with Crippen molar-refractivity contribution in [2.75, 3.05) is 21.1 Å². The fourth-order valence-electron chi connectivity index (χ4n) is 1.22. The van der Waals surface area contributed by atoms with Crippen LogP contribution in [0.15, 0.2) is 29.3 Å². The van der Waals surface area contributed by atoms with Crippen molar-refractivity contribution in [3.8, 4) is 5.75 Å². The monoisotopic (exact) mass is 178 g/mol. The zero-order valence-corrected chi connectivity index (χ0v) is 8.15. The van der Waals surface area contributed by atoms with Gasteiger partial charge in [0.1, 0.15) is 11.6 Å². The number of hydrogen-bond donors (Lipinski definition) is 1. The quantitative estimate of drug-likeness (QED) is 0.520. The van der Waals surface area contributed by atoms with Crippen molar-refractivity contribution >= 4 is 5.84 Å². The molecule has 0 unspecified atom stereocenters. The first-order valence-electron chi connectivity index (χ1n) is 4.09. The minimum absolute atomic E-state index is 0.261. The lowest BCUT2D eigenvalue weighted by Crippen LogP contribution is -2.22. The van der Waals surface area contributed by atoms with Crippen LogP contribution in [-0.4, -0.2) is 37.0 Å². The molecule has 0 aromatic heterocycles. The van der Waals surface area contributed by atoms with Gasteiger partial charge in [-0.15, -0.1) is 0 Å². The summed E-state index contributed by atoms with van der Waals surface area (Å²) in [6, 6.07) is 7.17. The second-order valence-electron chi connectivity index (χ2n) is 2.96. The maximum absolute atomic E-state index is 9.55. The van der Waals surface area contributed by atoms with E-state index in [1.54, 1.807) is 19.2 Å². The molecule has 3 nitrogen and oxygen atoms in total. The number of hydrogen-bond acceptors (Lipinski definition) is 2. The van der Waals surface area contributed by atoms with Crippen LogP contribution in [0.5, 0.6) is 5.75 Å². The molecule has 0 spiro atoms. The Labute approximate surface area is 78.3 Å². The van der Waals surface area contributed by atoms with Crippen molar-refractivity contribution in [2.45, 2.75) is 0 Å². The largest absolute Gasteiger partial charge is 0.507 e. The highest BCUT2D eigenvalue weighted by molar-refractivity contribution is 6.00. The Balaban J connectivity index is 3.13. The zero-order chi connectivity index (χ0) is 9.84. The molecule has 0 saturated carbocycles. The molecule has 0 aliphatic heterocycles. The van der Waals surface area contributed by atoms with Gasteiger partial charge in [0.25, 0.3) is 0 Å². The molecule has 0 heterocycles. The Morgan fingerprint density at radius 1 is 1.31 bits per heavy atom. The Morgan fingerprint density at radius 3 is 2.38 bits per heavy atom. The molecule has 1 rings (SSSR count). The van der Waals surface area contributed by atoms with E-state index in [1.165, 1.54) is 0 Å². The van der Waals surface area contributed by atoms with Crippen molar-refractivity contribution in [3.05, 3.63) is 29.8 Å². The third-order valence-electron chi connectivity index (χ3n) is 1.78. The Morgan fingerprint density at radius 2 is 1.92 bits per heavy atom. The summed E-state index contributed by atoms with van der Waals surface area (Å²) < 4.78 is 0. The van der Waals surface area contributed by atoms with E-state index in [4.69, 9.17) is 0 Å². The Kier molecular flexibility index (Phi) is 2.90. The van der Waals surface area contributed by atoms with Crippen LogP contribution < -0.4 is 0 Å². The summed E-state index contributed by atoms with van der Waals surface area (Å²) in [5.41, 5.74) is 0.759. The van der Waals surface area contributed by atoms with Crippen LogP contribution in [0.2, 0.25) is 0 Å². The summed E-state index contributed by atoms with van der Waals surface area (Å²) in [4.78, 5) is 5.97. The predicted octanol–water partition coefficient (Wildman–Crippen LogP) is 1.33. The maximum Gasteiger partial charge on any atom is 0.133 e. The first-order valence-corrected chi connectivity index (χ1v) is 4.09. The molecule has 0 radical (unpaired) electrons. The van der Waals surface area contributed by atoms with E-state index < -0.39 is 0 Å². The highest BCUT2D eigenvalue weighted by Gasteiger charge is 2.08. The molecule has 0 aliphatic rings. The van der Waals surface area contributed by atoms with Crippen LogP contribution in [0.3, 0.4) is 0 Å². The fraction of sp³-hybridized carbons (Fsp3) is 0.300. The topological polar surface area (TPSA) is 35.8 Å². The molecule has 0 amide bonds. The molecule has 1 aromatic rings. The standard InChI is InChI=1S/C10H14N2O/c1-11-10(12(2)3)8-6-4-5-7-9(8)13/h4-7,13H,1-3H3. The van der Waals surface area contributed by atoms with Gasteiger partial charge < -0.3 is 10.0 Å². The molecule has 13 heavy (non-hydrogen) atoms. The van der Waals surface area contributed by atoms with Crippen LogP contribution in [0.25, 0.3) is 0 Å². The number of para-hydroxylation sites is 1. The molecule has 70 valence electrons. The lowest BCUT2D eigenvalue weighted by atomic mass is 10.2. The SMILES string of the molecule is CN=C(c1ccccc1O)N(C)C. The van der Waals surface area contributed by atoms with E-state index in [1.807, 2.05) is 31.1 Å². The third-order valence-corrected chi connectivity index (χ3v) is 1.78. The van der Waals surface area contributed by atoms with E-state index in [0.29, 0.717) is 0 Å². The Hall–Kier alpha value is -1.51. The second kappa shape index (κ2) is 3.94. The van der Waals surface area contributed by atoms with Gasteiger partial charge >= 0.3 is 0 Å². The van der Waals surface area contributed by atoms with E-state index >= 15 is 0 Å². The van der Waals surface area contributed by atoms with Gasteiger partial charge in [-0.3, -0.25) is 4.99 Å². The second-order valence-corrected chi connectivity index (χ2v) is 2.96. The van der Waals surface area contributed by atoms with Crippen molar-refractivity contribution < 1.29 is 5.11 Å². The molecule has 0 atom stereocenters. The molecule has 0 fully saturated rings. The van der Waals surface area contributed by atoms with Crippen molar-refractivity contribution in [2.24, 2.45) is 4.99 Å². The van der Waals surface area contributed by atoms with Crippen LogP contribution >= 0.6 is 0 Å². The number of phenols is 1. The summed E-state index contributed by atoms with van der Waals surface area (Å²) >= 11 is 0. The molecule has 1 aromatic carbocycles.